The van der Waals surface area contributed by atoms with Crippen LogP contribution in [-0.2, 0) is 0 Å². The lowest BCUT2D eigenvalue weighted by molar-refractivity contribution is -0.0293. The van der Waals surface area contributed by atoms with Crippen molar-refractivity contribution in [3.63, 3.8) is 0 Å². The number of aliphatic imine (C=N–C) groups is 2. The Hall–Kier alpha value is -1.20. The quantitative estimate of drug-likeness (QED) is 0.614. The molecule has 1 heterocycles. The molecule has 1 atom stereocenters. The van der Waals surface area contributed by atoms with Crippen molar-refractivity contribution in [3.05, 3.63) is 12.3 Å². The molecule has 0 spiro atoms. The van der Waals surface area contributed by atoms with Gasteiger partial charge < -0.3 is 15.1 Å². The first-order valence-corrected chi connectivity index (χ1v) is 7.26. The van der Waals surface area contributed by atoms with Crippen LogP contribution in [-0.4, -0.2) is 54.1 Å². The van der Waals surface area contributed by atoms with Gasteiger partial charge in [0.25, 0.3) is 0 Å². The molecule has 1 fully saturated rings. The molecule has 1 aliphatic heterocycles. The SMILES string of the molecule is C=NC(=N/C=C\C)N1CCC(CO)(CO)C(C)C1.CC. The zero-order valence-corrected chi connectivity index (χ0v) is 13.2. The van der Waals surface area contributed by atoms with Crippen molar-refractivity contribution < 1.29 is 10.2 Å². The highest BCUT2D eigenvalue weighted by atomic mass is 16.3. The van der Waals surface area contributed by atoms with Crippen LogP contribution in [0.2, 0.25) is 0 Å². The van der Waals surface area contributed by atoms with Crippen molar-refractivity contribution in [2.24, 2.45) is 21.3 Å². The Morgan fingerprint density at radius 2 is 2.00 bits per heavy atom. The summed E-state index contributed by atoms with van der Waals surface area (Å²) in [6.07, 6.45) is 4.25. The number of rotatable bonds is 3. The Bertz CT molecular complexity index is 336. The summed E-state index contributed by atoms with van der Waals surface area (Å²) in [6.45, 7) is 12.9. The molecule has 1 unspecified atom stereocenters. The molecule has 116 valence electrons. The first-order chi connectivity index (χ1) is 9.63. The number of hydrogen-bond acceptors (Lipinski definition) is 3. The molecule has 0 bridgehead atoms. The maximum Gasteiger partial charge on any atom is 0.224 e. The van der Waals surface area contributed by atoms with Crippen LogP contribution in [0.3, 0.4) is 0 Å². The van der Waals surface area contributed by atoms with Crippen LogP contribution in [0.15, 0.2) is 22.3 Å². The third-order valence-electron chi connectivity index (χ3n) is 3.81. The van der Waals surface area contributed by atoms with Crippen LogP contribution >= 0.6 is 0 Å². The number of aliphatic hydroxyl groups excluding tert-OH is 2. The molecule has 0 aromatic rings. The van der Waals surface area contributed by atoms with Crippen molar-refractivity contribution in [2.45, 2.75) is 34.1 Å². The highest BCUT2D eigenvalue weighted by Crippen LogP contribution is 2.35. The molecular weight excluding hydrogens is 254 g/mol. The van der Waals surface area contributed by atoms with Gasteiger partial charge in [0, 0.05) is 24.7 Å². The smallest absolute Gasteiger partial charge is 0.224 e. The van der Waals surface area contributed by atoms with Gasteiger partial charge in [0.15, 0.2) is 0 Å². The van der Waals surface area contributed by atoms with E-state index in [2.05, 4.69) is 16.7 Å². The number of piperidine rings is 1. The van der Waals surface area contributed by atoms with E-state index in [0.29, 0.717) is 5.96 Å². The van der Waals surface area contributed by atoms with Crippen LogP contribution in [0.25, 0.3) is 0 Å². The van der Waals surface area contributed by atoms with Gasteiger partial charge in [0.1, 0.15) is 0 Å². The fourth-order valence-electron chi connectivity index (χ4n) is 2.28. The second-order valence-electron chi connectivity index (χ2n) is 4.85. The summed E-state index contributed by atoms with van der Waals surface area (Å²) in [5.74, 6) is 0.781. The standard InChI is InChI=1S/C13H23N3O2.C2H6/c1-4-6-15-12(14-3)16-7-5-13(9-17,10-18)11(2)8-16;1-2/h4,6,11,17-18H,3,5,7-10H2,1-2H3;1-2H3/b6-4-,15-12?;. The maximum atomic E-state index is 9.48. The molecule has 2 N–H and O–H groups in total. The van der Waals surface area contributed by atoms with Crippen molar-refractivity contribution >= 4 is 12.7 Å². The average molecular weight is 283 g/mol. The van der Waals surface area contributed by atoms with Gasteiger partial charge in [0.2, 0.25) is 5.96 Å². The molecule has 0 aliphatic carbocycles. The zero-order chi connectivity index (χ0) is 15.6. The Labute approximate surface area is 122 Å². The van der Waals surface area contributed by atoms with Gasteiger partial charge in [-0.1, -0.05) is 26.8 Å². The molecule has 5 heteroatoms. The molecular formula is C15H29N3O2. The fourth-order valence-corrected chi connectivity index (χ4v) is 2.28. The van der Waals surface area contributed by atoms with Gasteiger partial charge in [-0.05, 0) is 26.0 Å². The van der Waals surface area contributed by atoms with Gasteiger partial charge >= 0.3 is 0 Å². The minimum atomic E-state index is -0.386. The first kappa shape index (κ1) is 18.8. The van der Waals surface area contributed by atoms with Crippen molar-refractivity contribution in [2.75, 3.05) is 26.3 Å². The molecule has 0 amide bonds. The van der Waals surface area contributed by atoms with E-state index in [1.807, 2.05) is 38.7 Å². The summed E-state index contributed by atoms with van der Waals surface area (Å²) >= 11 is 0. The second-order valence-corrected chi connectivity index (χ2v) is 4.85. The van der Waals surface area contributed by atoms with E-state index in [1.54, 1.807) is 6.20 Å². The van der Waals surface area contributed by atoms with E-state index in [1.165, 1.54) is 0 Å². The number of allylic oxidation sites excluding steroid dienone is 1. The summed E-state index contributed by atoms with van der Waals surface area (Å²) in [5, 5.41) is 19.0. The molecule has 0 radical (unpaired) electrons. The lowest BCUT2D eigenvalue weighted by Gasteiger charge is -2.44. The third-order valence-corrected chi connectivity index (χ3v) is 3.81. The van der Waals surface area contributed by atoms with Crippen molar-refractivity contribution in [1.29, 1.82) is 0 Å². The van der Waals surface area contributed by atoms with Gasteiger partial charge in [-0.3, -0.25) is 0 Å². The zero-order valence-electron chi connectivity index (χ0n) is 13.2. The van der Waals surface area contributed by atoms with Crippen LogP contribution in [0, 0.1) is 11.3 Å². The Balaban J connectivity index is 0.00000172. The number of likely N-dealkylation sites (tertiary alicyclic amines) is 1. The predicted octanol–water partition coefficient (Wildman–Crippen LogP) is 1.92. The highest BCUT2D eigenvalue weighted by Gasteiger charge is 2.40. The molecule has 20 heavy (non-hydrogen) atoms. The van der Waals surface area contributed by atoms with Crippen molar-refractivity contribution in [1.82, 2.24) is 4.90 Å². The van der Waals surface area contributed by atoms with Crippen LogP contribution in [0.4, 0.5) is 0 Å². The predicted molar refractivity (Wildman–Crippen MR) is 85.1 cm³/mol. The van der Waals surface area contributed by atoms with Gasteiger partial charge in [-0.2, -0.15) is 0 Å². The van der Waals surface area contributed by atoms with E-state index < -0.39 is 0 Å². The first-order valence-electron chi connectivity index (χ1n) is 7.26. The van der Waals surface area contributed by atoms with E-state index in [4.69, 9.17) is 0 Å². The molecule has 1 rings (SSSR count). The van der Waals surface area contributed by atoms with Crippen molar-refractivity contribution in [3.8, 4) is 0 Å². The number of aliphatic hydroxyl groups is 2. The summed E-state index contributed by atoms with van der Waals surface area (Å²) in [4.78, 5) is 10.2. The largest absolute Gasteiger partial charge is 0.396 e. The average Bonchev–Trinajstić information content (AvgIpc) is 2.51. The molecule has 0 saturated carbocycles. The Morgan fingerprint density at radius 1 is 1.40 bits per heavy atom. The minimum Gasteiger partial charge on any atom is -0.396 e. The van der Waals surface area contributed by atoms with E-state index in [9.17, 15) is 10.2 Å². The summed E-state index contributed by atoms with van der Waals surface area (Å²) in [7, 11) is 0. The third kappa shape index (κ3) is 4.42. The topological polar surface area (TPSA) is 68.4 Å². The lowest BCUT2D eigenvalue weighted by Crippen LogP contribution is -2.51. The van der Waals surface area contributed by atoms with E-state index in [-0.39, 0.29) is 24.5 Å². The Kier molecular flexibility index (Phi) is 9.08. The highest BCUT2D eigenvalue weighted by molar-refractivity contribution is 5.84. The lowest BCUT2D eigenvalue weighted by atomic mass is 9.72. The summed E-state index contributed by atoms with van der Waals surface area (Å²) in [6, 6.07) is 0. The Morgan fingerprint density at radius 3 is 2.40 bits per heavy atom. The number of guanidine groups is 1. The number of hydrogen-bond donors (Lipinski definition) is 2. The molecule has 1 aliphatic rings. The van der Waals surface area contributed by atoms with Gasteiger partial charge in [-0.25, -0.2) is 9.98 Å². The summed E-state index contributed by atoms with van der Waals surface area (Å²) < 4.78 is 0. The van der Waals surface area contributed by atoms with E-state index >= 15 is 0 Å². The van der Waals surface area contributed by atoms with Gasteiger partial charge in [0.05, 0.1) is 13.2 Å². The van der Waals surface area contributed by atoms with Crippen LogP contribution in [0.1, 0.15) is 34.1 Å². The normalized spacial score (nSPS) is 22.4. The number of nitrogens with zero attached hydrogens (tertiary/aromatic N) is 3. The van der Waals surface area contributed by atoms with E-state index in [0.717, 1.165) is 19.5 Å². The van der Waals surface area contributed by atoms with Crippen LogP contribution in [0.5, 0.6) is 0 Å². The molecule has 5 nitrogen and oxygen atoms in total. The fraction of sp³-hybridized carbons (Fsp3) is 0.733. The second kappa shape index (κ2) is 9.66. The monoisotopic (exact) mass is 283 g/mol. The minimum absolute atomic E-state index is 0.0152. The molecule has 1 saturated heterocycles. The molecule has 0 aromatic carbocycles. The van der Waals surface area contributed by atoms with Gasteiger partial charge in [-0.15, -0.1) is 0 Å². The maximum absolute atomic E-state index is 9.48. The molecule has 0 aromatic heterocycles. The van der Waals surface area contributed by atoms with Crippen LogP contribution < -0.4 is 0 Å². The summed E-state index contributed by atoms with van der Waals surface area (Å²) in [5.41, 5.74) is -0.386.